The molecular weight excluding hydrogens is 288 g/mol. The lowest BCUT2D eigenvalue weighted by Crippen LogP contribution is -2.26. The third-order valence-electron chi connectivity index (χ3n) is 4.04. The number of carbonyl (C=O) groups is 1. The molecule has 0 fully saturated rings. The van der Waals surface area contributed by atoms with Crippen molar-refractivity contribution >= 4 is 11.7 Å². The van der Waals surface area contributed by atoms with Gasteiger partial charge in [-0.05, 0) is 23.5 Å². The average molecular weight is 310 g/mol. The fourth-order valence-electron chi connectivity index (χ4n) is 2.66. The molecule has 5 heteroatoms. The Bertz CT molecular complexity index is 657. The molecule has 1 aromatic carbocycles. The molecule has 2 aromatic rings. The van der Waals surface area contributed by atoms with Crippen LogP contribution in [0.3, 0.4) is 0 Å². The van der Waals surface area contributed by atoms with E-state index in [0.717, 1.165) is 25.3 Å². The first-order valence-electron chi connectivity index (χ1n) is 8.05. The summed E-state index contributed by atoms with van der Waals surface area (Å²) in [5.41, 5.74) is 3.02. The van der Waals surface area contributed by atoms with Crippen LogP contribution in [0.5, 0.6) is 0 Å². The molecule has 120 valence electrons. The SMILES string of the molecule is CC(C)CCNC(=O)c1cnc(N2Cc3ccccc3C2)cn1. The molecule has 0 unspecified atom stereocenters. The van der Waals surface area contributed by atoms with Gasteiger partial charge in [-0.3, -0.25) is 4.79 Å². The van der Waals surface area contributed by atoms with Crippen LogP contribution in [-0.4, -0.2) is 22.4 Å². The van der Waals surface area contributed by atoms with Gasteiger partial charge in [0.05, 0.1) is 12.4 Å². The van der Waals surface area contributed by atoms with E-state index >= 15 is 0 Å². The Labute approximate surface area is 136 Å². The second-order valence-corrected chi connectivity index (χ2v) is 6.32. The van der Waals surface area contributed by atoms with Crippen LogP contribution in [0, 0.1) is 5.92 Å². The summed E-state index contributed by atoms with van der Waals surface area (Å²) in [4.78, 5) is 22.9. The lowest BCUT2D eigenvalue weighted by Gasteiger charge is -2.16. The minimum absolute atomic E-state index is 0.158. The fourth-order valence-corrected chi connectivity index (χ4v) is 2.66. The van der Waals surface area contributed by atoms with E-state index in [2.05, 4.69) is 58.3 Å². The highest BCUT2D eigenvalue weighted by atomic mass is 16.1. The van der Waals surface area contributed by atoms with Crippen LogP contribution in [0.4, 0.5) is 5.82 Å². The van der Waals surface area contributed by atoms with Gasteiger partial charge in [-0.15, -0.1) is 0 Å². The van der Waals surface area contributed by atoms with Gasteiger partial charge in [0.1, 0.15) is 11.5 Å². The zero-order valence-corrected chi connectivity index (χ0v) is 13.6. The summed E-state index contributed by atoms with van der Waals surface area (Å²) < 4.78 is 0. The number of anilines is 1. The van der Waals surface area contributed by atoms with E-state index in [0.29, 0.717) is 18.2 Å². The predicted octanol–water partition coefficient (Wildman–Crippen LogP) is 2.77. The largest absolute Gasteiger partial charge is 0.351 e. The topological polar surface area (TPSA) is 58.1 Å². The number of nitrogens with zero attached hydrogens (tertiary/aromatic N) is 3. The van der Waals surface area contributed by atoms with Gasteiger partial charge in [-0.1, -0.05) is 38.1 Å². The van der Waals surface area contributed by atoms with E-state index in [1.807, 2.05) is 0 Å². The van der Waals surface area contributed by atoms with Crippen molar-refractivity contribution in [3.8, 4) is 0 Å². The number of rotatable bonds is 5. The molecule has 3 rings (SSSR count). The lowest BCUT2D eigenvalue weighted by molar-refractivity contribution is 0.0946. The Balaban J connectivity index is 1.61. The van der Waals surface area contributed by atoms with Crippen molar-refractivity contribution in [2.24, 2.45) is 5.92 Å². The molecule has 1 aromatic heterocycles. The summed E-state index contributed by atoms with van der Waals surface area (Å²) in [6.45, 7) is 6.61. The normalized spacial score (nSPS) is 13.3. The number of amides is 1. The van der Waals surface area contributed by atoms with Crippen LogP contribution >= 0.6 is 0 Å². The third-order valence-corrected chi connectivity index (χ3v) is 4.04. The molecule has 0 aliphatic carbocycles. The molecule has 0 saturated heterocycles. The molecule has 1 N–H and O–H groups in total. The molecule has 0 spiro atoms. The molecule has 0 bridgehead atoms. The van der Waals surface area contributed by atoms with Gasteiger partial charge in [-0.2, -0.15) is 0 Å². The molecule has 1 aliphatic rings. The van der Waals surface area contributed by atoms with Crippen LogP contribution in [0.25, 0.3) is 0 Å². The van der Waals surface area contributed by atoms with E-state index in [4.69, 9.17) is 0 Å². The van der Waals surface area contributed by atoms with Gasteiger partial charge in [0.15, 0.2) is 0 Å². The summed E-state index contributed by atoms with van der Waals surface area (Å²) in [5, 5.41) is 2.88. The highest BCUT2D eigenvalue weighted by molar-refractivity contribution is 5.91. The van der Waals surface area contributed by atoms with Gasteiger partial charge in [0, 0.05) is 19.6 Å². The fraction of sp³-hybridized carbons (Fsp3) is 0.389. The van der Waals surface area contributed by atoms with Crippen LogP contribution in [0.1, 0.15) is 41.9 Å². The standard InChI is InChI=1S/C18H22N4O/c1-13(2)7-8-19-18(23)16-9-21-17(10-20-16)22-11-14-5-3-4-6-15(14)12-22/h3-6,9-10,13H,7-8,11-12H2,1-2H3,(H,19,23). The number of hydrogen-bond acceptors (Lipinski definition) is 4. The van der Waals surface area contributed by atoms with E-state index in [1.165, 1.54) is 11.1 Å². The minimum atomic E-state index is -0.158. The van der Waals surface area contributed by atoms with Gasteiger partial charge < -0.3 is 10.2 Å². The quantitative estimate of drug-likeness (QED) is 0.922. The van der Waals surface area contributed by atoms with Gasteiger partial charge >= 0.3 is 0 Å². The number of nitrogens with one attached hydrogen (secondary N) is 1. The number of hydrogen-bond donors (Lipinski definition) is 1. The van der Waals surface area contributed by atoms with E-state index in [9.17, 15) is 4.79 Å². The molecule has 1 amide bonds. The van der Waals surface area contributed by atoms with E-state index in [-0.39, 0.29) is 5.91 Å². The lowest BCUT2D eigenvalue weighted by atomic mass is 10.1. The number of fused-ring (bicyclic) bond motifs is 1. The van der Waals surface area contributed by atoms with E-state index in [1.54, 1.807) is 12.4 Å². The molecule has 5 nitrogen and oxygen atoms in total. The number of carbonyl (C=O) groups excluding carboxylic acids is 1. The summed E-state index contributed by atoms with van der Waals surface area (Å²) in [6.07, 6.45) is 4.20. The van der Waals surface area contributed by atoms with Crippen molar-refractivity contribution < 1.29 is 4.79 Å². The van der Waals surface area contributed by atoms with Crippen molar-refractivity contribution in [2.45, 2.75) is 33.4 Å². The smallest absolute Gasteiger partial charge is 0.271 e. The second-order valence-electron chi connectivity index (χ2n) is 6.32. The van der Waals surface area contributed by atoms with Gasteiger partial charge in [-0.25, -0.2) is 9.97 Å². The Kier molecular flexibility index (Phi) is 4.55. The zero-order chi connectivity index (χ0) is 16.2. The van der Waals surface area contributed by atoms with Crippen molar-refractivity contribution in [1.29, 1.82) is 0 Å². The van der Waals surface area contributed by atoms with Gasteiger partial charge in [0.2, 0.25) is 0 Å². The monoisotopic (exact) mass is 310 g/mol. The molecule has 0 saturated carbocycles. The Hall–Kier alpha value is -2.43. The van der Waals surface area contributed by atoms with E-state index < -0.39 is 0 Å². The van der Waals surface area contributed by atoms with Crippen LogP contribution < -0.4 is 10.2 Å². The van der Waals surface area contributed by atoms with Gasteiger partial charge in [0.25, 0.3) is 5.91 Å². The molecule has 0 atom stereocenters. The van der Waals surface area contributed by atoms with Crippen LogP contribution in [-0.2, 0) is 13.1 Å². The zero-order valence-electron chi connectivity index (χ0n) is 13.6. The number of aromatic nitrogens is 2. The molecule has 23 heavy (non-hydrogen) atoms. The average Bonchev–Trinajstić information content (AvgIpc) is 2.98. The van der Waals surface area contributed by atoms with Crippen molar-refractivity contribution in [2.75, 3.05) is 11.4 Å². The minimum Gasteiger partial charge on any atom is -0.351 e. The molecule has 1 aliphatic heterocycles. The number of benzene rings is 1. The first kappa shape index (κ1) is 15.5. The van der Waals surface area contributed by atoms with Crippen molar-refractivity contribution in [3.05, 3.63) is 53.5 Å². The Morgan fingerprint density at radius 2 is 1.87 bits per heavy atom. The van der Waals surface area contributed by atoms with Crippen molar-refractivity contribution in [3.63, 3.8) is 0 Å². The van der Waals surface area contributed by atoms with Crippen LogP contribution in [0.2, 0.25) is 0 Å². The first-order valence-corrected chi connectivity index (χ1v) is 8.05. The van der Waals surface area contributed by atoms with Crippen LogP contribution in [0.15, 0.2) is 36.7 Å². The molecule has 2 heterocycles. The highest BCUT2D eigenvalue weighted by Crippen LogP contribution is 2.25. The maximum Gasteiger partial charge on any atom is 0.271 e. The maximum atomic E-state index is 12.0. The highest BCUT2D eigenvalue weighted by Gasteiger charge is 2.20. The summed E-state index contributed by atoms with van der Waals surface area (Å²) in [5.74, 6) is 1.22. The Morgan fingerprint density at radius 3 is 2.43 bits per heavy atom. The first-order chi connectivity index (χ1) is 11.1. The summed E-state index contributed by atoms with van der Waals surface area (Å²) in [7, 11) is 0. The predicted molar refractivity (Wildman–Crippen MR) is 90.1 cm³/mol. The molecule has 0 radical (unpaired) electrons. The summed E-state index contributed by atoms with van der Waals surface area (Å²) in [6, 6.07) is 8.38. The Morgan fingerprint density at radius 1 is 1.17 bits per heavy atom. The second kappa shape index (κ2) is 6.77. The van der Waals surface area contributed by atoms with Crippen molar-refractivity contribution in [1.82, 2.24) is 15.3 Å². The maximum absolute atomic E-state index is 12.0. The molecular formula is C18H22N4O. The third kappa shape index (κ3) is 3.67. The summed E-state index contributed by atoms with van der Waals surface area (Å²) >= 11 is 0.